The summed E-state index contributed by atoms with van der Waals surface area (Å²) < 4.78 is 5.26. The molecule has 0 saturated heterocycles. The average Bonchev–Trinajstić information content (AvgIpc) is 2.53. The standard InChI is InChI=1S/C15H13ClN2O5/c16-11-1-4-13(5-2-11)23-9-15(20)17-8-10-7-12(18(21)22)3-6-14(10)19/h1-7,19H,8-9H2,(H,17,20). The Kier molecular flexibility index (Phi) is 5.37. The summed E-state index contributed by atoms with van der Waals surface area (Å²) in [5, 5.41) is 23.4. The van der Waals surface area contributed by atoms with E-state index in [-0.39, 0.29) is 30.2 Å². The fourth-order valence-electron chi connectivity index (χ4n) is 1.75. The summed E-state index contributed by atoms with van der Waals surface area (Å²) in [4.78, 5) is 21.8. The monoisotopic (exact) mass is 336 g/mol. The number of nitro benzene ring substituents is 1. The molecule has 2 aromatic rings. The lowest BCUT2D eigenvalue weighted by Crippen LogP contribution is -2.28. The molecule has 0 aromatic heterocycles. The summed E-state index contributed by atoms with van der Waals surface area (Å²) in [5.41, 5.74) is 0.0866. The van der Waals surface area contributed by atoms with Gasteiger partial charge in [-0.15, -0.1) is 0 Å². The second kappa shape index (κ2) is 7.46. The number of aromatic hydroxyl groups is 1. The number of rotatable bonds is 6. The Balaban J connectivity index is 1.88. The molecule has 0 atom stereocenters. The van der Waals surface area contributed by atoms with Gasteiger partial charge in [-0.1, -0.05) is 11.6 Å². The van der Waals surface area contributed by atoms with Crippen LogP contribution in [-0.4, -0.2) is 22.5 Å². The van der Waals surface area contributed by atoms with E-state index in [0.29, 0.717) is 10.8 Å². The third kappa shape index (κ3) is 4.86. The Morgan fingerprint density at radius 1 is 1.26 bits per heavy atom. The molecule has 0 aliphatic carbocycles. The first-order chi connectivity index (χ1) is 11.0. The van der Waals surface area contributed by atoms with Crippen molar-refractivity contribution in [3.8, 4) is 11.5 Å². The molecule has 23 heavy (non-hydrogen) atoms. The number of amides is 1. The lowest BCUT2D eigenvalue weighted by molar-refractivity contribution is -0.384. The lowest BCUT2D eigenvalue weighted by atomic mass is 10.2. The van der Waals surface area contributed by atoms with Crippen molar-refractivity contribution in [3.05, 3.63) is 63.2 Å². The summed E-state index contributed by atoms with van der Waals surface area (Å²) in [6.45, 7) is -0.270. The number of hydrogen-bond donors (Lipinski definition) is 2. The molecule has 0 fully saturated rings. The number of benzene rings is 2. The molecule has 0 heterocycles. The van der Waals surface area contributed by atoms with Gasteiger partial charge in [0.2, 0.25) is 0 Å². The summed E-state index contributed by atoms with van der Waals surface area (Å²) >= 11 is 5.74. The van der Waals surface area contributed by atoms with Crippen LogP contribution < -0.4 is 10.1 Å². The molecule has 0 bridgehead atoms. The molecule has 2 rings (SSSR count). The second-order valence-corrected chi connectivity index (χ2v) is 5.03. The molecule has 0 aliphatic rings. The fourth-order valence-corrected chi connectivity index (χ4v) is 1.88. The highest BCUT2D eigenvalue weighted by atomic mass is 35.5. The quantitative estimate of drug-likeness (QED) is 0.623. The Hall–Kier alpha value is -2.80. The molecule has 0 unspecified atom stereocenters. The van der Waals surface area contributed by atoms with Gasteiger partial charge in [-0.3, -0.25) is 14.9 Å². The fraction of sp³-hybridized carbons (Fsp3) is 0.133. The number of hydrogen-bond acceptors (Lipinski definition) is 5. The predicted molar refractivity (Wildman–Crippen MR) is 83.6 cm³/mol. The number of non-ortho nitro benzene ring substituents is 1. The number of carbonyl (C=O) groups excluding carboxylic acids is 1. The molecule has 1 amide bonds. The van der Waals surface area contributed by atoms with Gasteiger partial charge in [0.1, 0.15) is 11.5 Å². The minimum Gasteiger partial charge on any atom is -0.508 e. The number of nitro groups is 1. The maximum atomic E-state index is 11.7. The van der Waals surface area contributed by atoms with Gasteiger partial charge in [0.25, 0.3) is 11.6 Å². The van der Waals surface area contributed by atoms with Gasteiger partial charge in [-0.2, -0.15) is 0 Å². The molecule has 0 aliphatic heterocycles. The SMILES string of the molecule is O=C(COc1ccc(Cl)cc1)NCc1cc([N+](=O)[O-])ccc1O. The van der Waals surface area contributed by atoms with E-state index in [2.05, 4.69) is 5.32 Å². The van der Waals surface area contributed by atoms with Crippen LogP contribution in [0.15, 0.2) is 42.5 Å². The Morgan fingerprint density at radius 3 is 2.61 bits per heavy atom. The number of halogens is 1. The first-order valence-electron chi connectivity index (χ1n) is 6.57. The van der Waals surface area contributed by atoms with Crippen molar-refractivity contribution in [2.24, 2.45) is 0 Å². The molecule has 2 aromatic carbocycles. The van der Waals surface area contributed by atoms with E-state index in [1.54, 1.807) is 24.3 Å². The van der Waals surface area contributed by atoms with Crippen molar-refractivity contribution < 1.29 is 19.6 Å². The zero-order chi connectivity index (χ0) is 16.8. The van der Waals surface area contributed by atoms with E-state index < -0.39 is 10.8 Å². The normalized spacial score (nSPS) is 10.1. The zero-order valence-corrected chi connectivity index (χ0v) is 12.6. The number of nitrogens with zero attached hydrogens (tertiary/aromatic N) is 1. The summed E-state index contributed by atoms with van der Waals surface area (Å²) in [7, 11) is 0. The number of phenols is 1. The molecule has 7 nitrogen and oxygen atoms in total. The van der Waals surface area contributed by atoms with Gasteiger partial charge in [0.15, 0.2) is 6.61 Å². The number of ether oxygens (including phenoxy) is 1. The van der Waals surface area contributed by atoms with Gasteiger partial charge in [-0.05, 0) is 30.3 Å². The van der Waals surface area contributed by atoms with Crippen LogP contribution >= 0.6 is 11.6 Å². The largest absolute Gasteiger partial charge is 0.508 e. The predicted octanol–water partition coefficient (Wildman–Crippen LogP) is 2.65. The third-order valence-electron chi connectivity index (χ3n) is 2.93. The van der Waals surface area contributed by atoms with Crippen LogP contribution in [0.25, 0.3) is 0 Å². The molecule has 0 spiro atoms. The minimum atomic E-state index is -0.575. The summed E-state index contributed by atoms with van der Waals surface area (Å²) in [6, 6.07) is 10.1. The average molecular weight is 337 g/mol. The first kappa shape index (κ1) is 16.6. The van der Waals surface area contributed by atoms with Crippen LogP contribution in [0.3, 0.4) is 0 Å². The van der Waals surface area contributed by atoms with E-state index in [9.17, 15) is 20.0 Å². The molecule has 0 saturated carbocycles. The van der Waals surface area contributed by atoms with E-state index in [1.807, 2.05) is 0 Å². The Morgan fingerprint density at radius 2 is 1.96 bits per heavy atom. The minimum absolute atomic E-state index is 0.0453. The number of phenolic OH excluding ortho intramolecular Hbond substituents is 1. The highest BCUT2D eigenvalue weighted by molar-refractivity contribution is 6.30. The van der Waals surface area contributed by atoms with Crippen molar-refractivity contribution in [1.82, 2.24) is 5.32 Å². The highest BCUT2D eigenvalue weighted by Crippen LogP contribution is 2.22. The van der Waals surface area contributed by atoms with E-state index in [0.717, 1.165) is 0 Å². The lowest BCUT2D eigenvalue weighted by Gasteiger charge is -2.08. The molecule has 2 N–H and O–H groups in total. The highest BCUT2D eigenvalue weighted by Gasteiger charge is 2.11. The maximum absolute atomic E-state index is 11.7. The topological polar surface area (TPSA) is 102 Å². The second-order valence-electron chi connectivity index (χ2n) is 4.59. The third-order valence-corrected chi connectivity index (χ3v) is 3.19. The Bertz CT molecular complexity index is 718. The summed E-state index contributed by atoms with van der Waals surface area (Å²) in [5.74, 6) is -0.0666. The van der Waals surface area contributed by atoms with Crippen LogP contribution in [0.5, 0.6) is 11.5 Å². The van der Waals surface area contributed by atoms with Crippen molar-refractivity contribution in [2.45, 2.75) is 6.54 Å². The van der Waals surface area contributed by atoms with Crippen molar-refractivity contribution in [2.75, 3.05) is 6.61 Å². The molecule has 120 valence electrons. The Labute approximate surface area is 136 Å². The number of carbonyl (C=O) groups is 1. The van der Waals surface area contributed by atoms with Crippen molar-refractivity contribution >= 4 is 23.2 Å². The van der Waals surface area contributed by atoms with Gasteiger partial charge in [0, 0.05) is 29.3 Å². The van der Waals surface area contributed by atoms with Crippen LogP contribution in [0, 0.1) is 10.1 Å². The van der Waals surface area contributed by atoms with Crippen LogP contribution in [0.2, 0.25) is 5.02 Å². The van der Waals surface area contributed by atoms with Gasteiger partial charge in [0.05, 0.1) is 4.92 Å². The van der Waals surface area contributed by atoms with Gasteiger partial charge < -0.3 is 15.2 Å². The van der Waals surface area contributed by atoms with Crippen molar-refractivity contribution in [1.29, 1.82) is 0 Å². The number of nitrogens with one attached hydrogen (secondary N) is 1. The molecule has 0 radical (unpaired) electrons. The van der Waals surface area contributed by atoms with Crippen LogP contribution in [-0.2, 0) is 11.3 Å². The van der Waals surface area contributed by atoms with Crippen LogP contribution in [0.4, 0.5) is 5.69 Å². The molecular formula is C15H13ClN2O5. The van der Waals surface area contributed by atoms with Crippen molar-refractivity contribution in [3.63, 3.8) is 0 Å². The smallest absolute Gasteiger partial charge is 0.270 e. The van der Waals surface area contributed by atoms with Gasteiger partial charge in [-0.25, -0.2) is 0 Å². The van der Waals surface area contributed by atoms with E-state index in [4.69, 9.17) is 16.3 Å². The van der Waals surface area contributed by atoms with E-state index >= 15 is 0 Å². The zero-order valence-electron chi connectivity index (χ0n) is 11.9. The van der Waals surface area contributed by atoms with Gasteiger partial charge >= 0.3 is 0 Å². The first-order valence-corrected chi connectivity index (χ1v) is 6.95. The maximum Gasteiger partial charge on any atom is 0.270 e. The van der Waals surface area contributed by atoms with E-state index in [1.165, 1.54) is 18.2 Å². The molecular weight excluding hydrogens is 324 g/mol. The van der Waals surface area contributed by atoms with Crippen LogP contribution in [0.1, 0.15) is 5.56 Å². The summed E-state index contributed by atoms with van der Waals surface area (Å²) in [6.07, 6.45) is 0. The molecule has 8 heteroatoms.